The van der Waals surface area contributed by atoms with E-state index in [-0.39, 0.29) is 0 Å². The van der Waals surface area contributed by atoms with Crippen LogP contribution in [0.2, 0.25) is 0 Å². The molecule has 0 aliphatic heterocycles. The predicted molar refractivity (Wildman–Crippen MR) is 142 cm³/mol. The molecule has 0 saturated carbocycles. The molecular formula is C30H39NO3. The van der Waals surface area contributed by atoms with Gasteiger partial charge in [0, 0.05) is 17.1 Å². The van der Waals surface area contributed by atoms with Gasteiger partial charge in [-0.3, -0.25) is 0 Å². The molecule has 3 rings (SSSR count). The van der Waals surface area contributed by atoms with Crippen LogP contribution in [0.15, 0.2) is 72.8 Å². The van der Waals surface area contributed by atoms with Crippen LogP contribution in [0.1, 0.15) is 59.3 Å². The maximum Gasteiger partial charge on any atom is 0.119 e. The Hall–Kier alpha value is -3.14. The largest absolute Gasteiger partial charge is 0.494 e. The maximum absolute atomic E-state index is 5.87. The normalized spacial score (nSPS) is 10.7. The highest BCUT2D eigenvalue weighted by Gasteiger charge is 2.13. The lowest BCUT2D eigenvalue weighted by Gasteiger charge is -2.26. The van der Waals surface area contributed by atoms with Gasteiger partial charge in [-0.2, -0.15) is 0 Å². The molecule has 0 radical (unpaired) electrons. The molecule has 0 atom stereocenters. The van der Waals surface area contributed by atoms with E-state index in [9.17, 15) is 0 Å². The van der Waals surface area contributed by atoms with Crippen LogP contribution in [0, 0.1) is 0 Å². The molecule has 0 unspecified atom stereocenters. The van der Waals surface area contributed by atoms with Gasteiger partial charge in [-0.25, -0.2) is 0 Å². The first-order valence-corrected chi connectivity index (χ1v) is 12.7. The zero-order valence-electron chi connectivity index (χ0n) is 21.0. The van der Waals surface area contributed by atoms with Crippen molar-refractivity contribution in [3.63, 3.8) is 0 Å². The average molecular weight is 462 g/mol. The van der Waals surface area contributed by atoms with E-state index in [1.54, 1.807) is 0 Å². The topological polar surface area (TPSA) is 30.9 Å². The smallest absolute Gasteiger partial charge is 0.119 e. The Labute approximate surface area is 205 Å². The number of rotatable bonds is 15. The summed E-state index contributed by atoms with van der Waals surface area (Å²) in [5, 5.41) is 0. The summed E-state index contributed by atoms with van der Waals surface area (Å²) >= 11 is 0. The lowest BCUT2D eigenvalue weighted by atomic mass is 10.2. The molecule has 0 saturated heterocycles. The van der Waals surface area contributed by atoms with Crippen molar-refractivity contribution in [1.29, 1.82) is 0 Å². The standard InChI is InChI=1S/C30H39NO3/c1-4-7-22-32-28-16-10-25(11-17-28)31(26-12-18-29(19-13-26)33-23-8-5-2)27-14-20-30(21-15-27)34-24-9-6-3/h10-21H,4-9,22-24H2,1-3H3. The third-order valence-corrected chi connectivity index (χ3v) is 5.58. The van der Waals surface area contributed by atoms with Gasteiger partial charge in [-0.15, -0.1) is 0 Å². The fraction of sp³-hybridized carbons (Fsp3) is 0.400. The first-order valence-electron chi connectivity index (χ1n) is 12.7. The van der Waals surface area contributed by atoms with Gasteiger partial charge in [0.05, 0.1) is 19.8 Å². The molecule has 0 aromatic heterocycles. The Morgan fingerprint density at radius 3 is 0.941 bits per heavy atom. The van der Waals surface area contributed by atoms with Gasteiger partial charge < -0.3 is 19.1 Å². The van der Waals surface area contributed by atoms with Gasteiger partial charge in [0.15, 0.2) is 0 Å². The lowest BCUT2D eigenvalue weighted by Crippen LogP contribution is -2.10. The zero-order valence-corrected chi connectivity index (χ0v) is 21.0. The third kappa shape index (κ3) is 7.72. The van der Waals surface area contributed by atoms with Crippen molar-refractivity contribution < 1.29 is 14.2 Å². The number of benzene rings is 3. The van der Waals surface area contributed by atoms with E-state index in [1.165, 1.54) is 0 Å². The molecule has 0 amide bonds. The van der Waals surface area contributed by atoms with Crippen molar-refractivity contribution in [3.05, 3.63) is 72.8 Å². The molecule has 34 heavy (non-hydrogen) atoms. The Balaban J connectivity index is 1.83. The van der Waals surface area contributed by atoms with E-state index >= 15 is 0 Å². The van der Waals surface area contributed by atoms with Crippen molar-refractivity contribution in [3.8, 4) is 17.2 Å². The summed E-state index contributed by atoms with van der Waals surface area (Å²) in [6, 6.07) is 24.9. The van der Waals surface area contributed by atoms with Crippen LogP contribution in [0.5, 0.6) is 17.2 Å². The molecule has 3 aromatic carbocycles. The number of anilines is 3. The second kappa shape index (κ2) is 14.2. The van der Waals surface area contributed by atoms with Crippen molar-refractivity contribution in [2.75, 3.05) is 24.7 Å². The fourth-order valence-electron chi connectivity index (χ4n) is 3.52. The highest BCUT2D eigenvalue weighted by molar-refractivity contribution is 5.77. The Morgan fingerprint density at radius 2 is 0.706 bits per heavy atom. The second-order valence-corrected chi connectivity index (χ2v) is 8.42. The Morgan fingerprint density at radius 1 is 0.441 bits per heavy atom. The van der Waals surface area contributed by atoms with Crippen molar-refractivity contribution in [1.82, 2.24) is 0 Å². The molecule has 0 spiro atoms. The maximum atomic E-state index is 5.87. The van der Waals surface area contributed by atoms with Gasteiger partial charge in [0.1, 0.15) is 17.2 Å². The Bertz CT molecular complexity index is 809. The van der Waals surface area contributed by atoms with E-state index in [1.807, 2.05) is 36.4 Å². The molecule has 0 aliphatic carbocycles. The van der Waals surface area contributed by atoms with Crippen LogP contribution in [-0.2, 0) is 0 Å². The lowest BCUT2D eigenvalue weighted by molar-refractivity contribution is 0.309. The first-order chi connectivity index (χ1) is 16.7. The number of hydrogen-bond acceptors (Lipinski definition) is 4. The summed E-state index contributed by atoms with van der Waals surface area (Å²) in [4.78, 5) is 2.24. The summed E-state index contributed by atoms with van der Waals surface area (Å²) in [5.41, 5.74) is 3.21. The monoisotopic (exact) mass is 461 g/mol. The average Bonchev–Trinajstić information content (AvgIpc) is 2.87. The van der Waals surface area contributed by atoms with E-state index in [0.717, 1.165) is 92.7 Å². The highest BCUT2D eigenvalue weighted by atomic mass is 16.5. The minimum atomic E-state index is 0.749. The number of ether oxygens (including phenoxy) is 3. The second-order valence-electron chi connectivity index (χ2n) is 8.42. The Kier molecular flexibility index (Phi) is 10.6. The van der Waals surface area contributed by atoms with Gasteiger partial charge in [0.25, 0.3) is 0 Å². The van der Waals surface area contributed by atoms with Crippen LogP contribution in [0.4, 0.5) is 17.1 Å². The summed E-state index contributed by atoms with van der Waals surface area (Å²) in [5.74, 6) is 2.70. The summed E-state index contributed by atoms with van der Waals surface area (Å²) in [6.07, 6.45) is 6.57. The summed E-state index contributed by atoms with van der Waals surface area (Å²) < 4.78 is 17.6. The summed E-state index contributed by atoms with van der Waals surface area (Å²) in [6.45, 7) is 8.76. The zero-order chi connectivity index (χ0) is 24.0. The molecule has 4 nitrogen and oxygen atoms in total. The number of unbranched alkanes of at least 4 members (excludes halogenated alkanes) is 3. The molecule has 0 heterocycles. The summed E-state index contributed by atoms with van der Waals surface area (Å²) in [7, 11) is 0. The molecule has 0 bridgehead atoms. The number of hydrogen-bond donors (Lipinski definition) is 0. The highest BCUT2D eigenvalue weighted by Crippen LogP contribution is 2.36. The minimum absolute atomic E-state index is 0.749. The first kappa shape index (κ1) is 25.5. The van der Waals surface area contributed by atoms with Crippen LogP contribution >= 0.6 is 0 Å². The van der Waals surface area contributed by atoms with Crippen LogP contribution in [0.25, 0.3) is 0 Å². The molecule has 4 heteroatoms. The predicted octanol–water partition coefficient (Wildman–Crippen LogP) is 8.69. The molecule has 0 N–H and O–H groups in total. The van der Waals surface area contributed by atoms with Crippen LogP contribution in [0.3, 0.4) is 0 Å². The van der Waals surface area contributed by atoms with Gasteiger partial charge in [-0.05, 0) is 92.1 Å². The molecule has 3 aromatic rings. The number of nitrogens with zero attached hydrogens (tertiary/aromatic N) is 1. The van der Waals surface area contributed by atoms with E-state index in [4.69, 9.17) is 14.2 Å². The SMILES string of the molecule is CCCCOc1ccc(N(c2ccc(OCCCC)cc2)c2ccc(OCCCC)cc2)cc1. The quantitative estimate of drug-likeness (QED) is 0.212. The minimum Gasteiger partial charge on any atom is -0.494 e. The van der Waals surface area contributed by atoms with E-state index < -0.39 is 0 Å². The van der Waals surface area contributed by atoms with Gasteiger partial charge in [0.2, 0.25) is 0 Å². The molecular weight excluding hydrogens is 422 g/mol. The van der Waals surface area contributed by atoms with Crippen molar-refractivity contribution in [2.45, 2.75) is 59.3 Å². The van der Waals surface area contributed by atoms with Crippen molar-refractivity contribution in [2.24, 2.45) is 0 Å². The van der Waals surface area contributed by atoms with Crippen LogP contribution in [-0.4, -0.2) is 19.8 Å². The third-order valence-electron chi connectivity index (χ3n) is 5.58. The van der Waals surface area contributed by atoms with Crippen LogP contribution < -0.4 is 19.1 Å². The fourth-order valence-corrected chi connectivity index (χ4v) is 3.52. The van der Waals surface area contributed by atoms with Gasteiger partial charge in [-0.1, -0.05) is 40.0 Å². The molecule has 0 aliphatic rings. The molecule has 182 valence electrons. The van der Waals surface area contributed by atoms with Gasteiger partial charge >= 0.3 is 0 Å². The van der Waals surface area contributed by atoms with E-state index in [0.29, 0.717) is 0 Å². The van der Waals surface area contributed by atoms with E-state index in [2.05, 4.69) is 62.1 Å². The van der Waals surface area contributed by atoms with Crippen molar-refractivity contribution >= 4 is 17.1 Å². The molecule has 0 fully saturated rings.